The Hall–Kier alpha value is -1.98. The van der Waals surface area contributed by atoms with Crippen LogP contribution in [0.25, 0.3) is 0 Å². The van der Waals surface area contributed by atoms with E-state index in [0.29, 0.717) is 5.69 Å². The molecular weight excluding hydrogens is 220 g/mol. The summed E-state index contributed by atoms with van der Waals surface area (Å²) in [6, 6.07) is -0.554. The van der Waals surface area contributed by atoms with E-state index in [1.165, 1.54) is 23.6 Å². The molecule has 0 radical (unpaired) electrons. The minimum atomic E-state index is -0.903. The number of rotatable bonds is 1. The zero-order valence-electron chi connectivity index (χ0n) is 9.97. The van der Waals surface area contributed by atoms with E-state index in [2.05, 4.69) is 15.3 Å². The maximum absolute atomic E-state index is 12.3. The average molecular weight is 234 g/mol. The Morgan fingerprint density at radius 3 is 2.47 bits per heavy atom. The summed E-state index contributed by atoms with van der Waals surface area (Å²) in [7, 11) is 0. The summed E-state index contributed by atoms with van der Waals surface area (Å²) in [5, 5.41) is 2.68. The van der Waals surface area contributed by atoms with Crippen LogP contribution in [0.4, 0.5) is 5.69 Å². The van der Waals surface area contributed by atoms with Crippen molar-refractivity contribution in [2.45, 2.75) is 32.4 Å². The molecule has 1 aromatic rings. The molecule has 2 rings (SSSR count). The maximum Gasteiger partial charge on any atom is 0.252 e. The van der Waals surface area contributed by atoms with Crippen molar-refractivity contribution in [1.29, 1.82) is 0 Å². The average Bonchev–Trinajstić information content (AvgIpc) is 2.28. The molecule has 2 heterocycles. The van der Waals surface area contributed by atoms with Gasteiger partial charge in [-0.05, 0) is 20.8 Å². The lowest BCUT2D eigenvalue weighted by atomic mass is 9.97. The summed E-state index contributed by atoms with van der Waals surface area (Å²) in [6.45, 7) is 5.03. The van der Waals surface area contributed by atoms with Gasteiger partial charge in [0.2, 0.25) is 5.91 Å². The van der Waals surface area contributed by atoms with Gasteiger partial charge in [0, 0.05) is 0 Å². The summed E-state index contributed by atoms with van der Waals surface area (Å²) in [5.74, 6) is -0.349. The molecule has 1 fully saturated rings. The van der Waals surface area contributed by atoms with Crippen molar-refractivity contribution in [2.75, 3.05) is 4.90 Å². The van der Waals surface area contributed by atoms with Crippen LogP contribution >= 0.6 is 0 Å². The number of amides is 2. The highest BCUT2D eigenvalue weighted by molar-refractivity contribution is 6.10. The van der Waals surface area contributed by atoms with Crippen molar-refractivity contribution in [1.82, 2.24) is 15.3 Å². The summed E-state index contributed by atoms with van der Waals surface area (Å²) in [5.41, 5.74) is -0.368. The predicted molar refractivity (Wildman–Crippen MR) is 61.2 cm³/mol. The molecule has 0 saturated carbocycles. The molecule has 1 saturated heterocycles. The molecule has 17 heavy (non-hydrogen) atoms. The number of anilines is 1. The SMILES string of the molecule is CC1C(=O)NC(C)(C)C(=O)N1c1cncnc1. The Balaban J connectivity index is 2.43. The molecule has 0 aliphatic carbocycles. The largest absolute Gasteiger partial charge is 0.340 e. The van der Waals surface area contributed by atoms with Crippen molar-refractivity contribution >= 4 is 17.5 Å². The second-order valence-corrected chi connectivity index (χ2v) is 4.56. The Morgan fingerprint density at radius 1 is 1.29 bits per heavy atom. The lowest BCUT2D eigenvalue weighted by Gasteiger charge is -2.41. The molecule has 1 aliphatic rings. The molecular formula is C11H14N4O2. The number of nitrogens with one attached hydrogen (secondary N) is 1. The molecule has 0 aromatic carbocycles. The van der Waals surface area contributed by atoms with Crippen LogP contribution < -0.4 is 10.2 Å². The summed E-state index contributed by atoms with van der Waals surface area (Å²) < 4.78 is 0. The first kappa shape index (κ1) is 11.5. The fourth-order valence-electron chi connectivity index (χ4n) is 1.82. The van der Waals surface area contributed by atoms with Gasteiger partial charge in [-0.3, -0.25) is 14.5 Å². The minimum absolute atomic E-state index is 0.167. The van der Waals surface area contributed by atoms with E-state index < -0.39 is 11.6 Å². The maximum atomic E-state index is 12.3. The molecule has 1 aliphatic heterocycles. The van der Waals surface area contributed by atoms with Gasteiger partial charge in [0.1, 0.15) is 17.9 Å². The topological polar surface area (TPSA) is 75.2 Å². The molecule has 0 bridgehead atoms. The third-order valence-corrected chi connectivity index (χ3v) is 2.78. The first-order chi connectivity index (χ1) is 7.93. The van der Waals surface area contributed by atoms with Crippen molar-refractivity contribution in [2.24, 2.45) is 0 Å². The van der Waals surface area contributed by atoms with E-state index in [0.717, 1.165) is 0 Å². The molecule has 6 heteroatoms. The van der Waals surface area contributed by atoms with E-state index in [9.17, 15) is 9.59 Å². The standard InChI is InChI=1S/C11H14N4O2/c1-7-9(16)14-11(2,3)10(17)15(7)8-4-12-6-13-5-8/h4-7H,1-3H3,(H,14,16). The number of carbonyl (C=O) groups is 2. The van der Waals surface area contributed by atoms with Crippen LogP contribution in [0.3, 0.4) is 0 Å². The molecule has 0 spiro atoms. The van der Waals surface area contributed by atoms with Crippen molar-refractivity contribution < 1.29 is 9.59 Å². The molecule has 1 unspecified atom stereocenters. The van der Waals surface area contributed by atoms with Gasteiger partial charge < -0.3 is 5.32 Å². The third-order valence-electron chi connectivity index (χ3n) is 2.78. The normalized spacial score (nSPS) is 23.5. The van der Waals surface area contributed by atoms with Gasteiger partial charge in [-0.2, -0.15) is 0 Å². The first-order valence-corrected chi connectivity index (χ1v) is 5.34. The van der Waals surface area contributed by atoms with Crippen LogP contribution in [0, 0.1) is 0 Å². The zero-order chi connectivity index (χ0) is 12.6. The van der Waals surface area contributed by atoms with Crippen LogP contribution in [-0.4, -0.2) is 33.4 Å². The number of carbonyl (C=O) groups excluding carboxylic acids is 2. The van der Waals surface area contributed by atoms with Crippen LogP contribution in [0.5, 0.6) is 0 Å². The van der Waals surface area contributed by atoms with Gasteiger partial charge in [-0.15, -0.1) is 0 Å². The zero-order valence-corrected chi connectivity index (χ0v) is 9.97. The van der Waals surface area contributed by atoms with Crippen LogP contribution in [0.1, 0.15) is 20.8 Å². The van der Waals surface area contributed by atoms with Crippen LogP contribution in [-0.2, 0) is 9.59 Å². The van der Waals surface area contributed by atoms with Gasteiger partial charge in [0.15, 0.2) is 0 Å². The Morgan fingerprint density at radius 2 is 1.88 bits per heavy atom. The van der Waals surface area contributed by atoms with E-state index in [-0.39, 0.29) is 11.8 Å². The van der Waals surface area contributed by atoms with Gasteiger partial charge in [-0.1, -0.05) is 0 Å². The third kappa shape index (κ3) is 1.86. The highest BCUT2D eigenvalue weighted by atomic mass is 16.2. The Kier molecular flexibility index (Phi) is 2.57. The van der Waals surface area contributed by atoms with Crippen LogP contribution in [0.2, 0.25) is 0 Å². The van der Waals surface area contributed by atoms with Crippen molar-refractivity contribution in [3.05, 3.63) is 18.7 Å². The molecule has 2 amide bonds. The van der Waals surface area contributed by atoms with Crippen molar-refractivity contribution in [3.8, 4) is 0 Å². The Bertz CT molecular complexity index is 458. The monoisotopic (exact) mass is 234 g/mol. The number of hydrogen-bond acceptors (Lipinski definition) is 4. The van der Waals surface area contributed by atoms with E-state index in [1.807, 2.05) is 0 Å². The quantitative estimate of drug-likeness (QED) is 0.748. The van der Waals surface area contributed by atoms with E-state index in [1.54, 1.807) is 20.8 Å². The number of nitrogens with zero attached hydrogens (tertiary/aromatic N) is 3. The lowest BCUT2D eigenvalue weighted by molar-refractivity contribution is -0.136. The molecule has 6 nitrogen and oxygen atoms in total. The van der Waals surface area contributed by atoms with Gasteiger partial charge in [0.05, 0.1) is 18.1 Å². The smallest absolute Gasteiger partial charge is 0.252 e. The van der Waals surface area contributed by atoms with Crippen molar-refractivity contribution in [3.63, 3.8) is 0 Å². The Labute approximate surface area is 99.1 Å². The summed E-state index contributed by atoms with van der Waals surface area (Å²) in [6.07, 6.45) is 4.43. The number of aromatic nitrogens is 2. The lowest BCUT2D eigenvalue weighted by Crippen LogP contribution is -2.67. The number of hydrogen-bond donors (Lipinski definition) is 1. The highest BCUT2D eigenvalue weighted by Gasteiger charge is 2.44. The second-order valence-electron chi connectivity index (χ2n) is 4.56. The second kappa shape index (κ2) is 3.80. The molecule has 1 N–H and O–H groups in total. The highest BCUT2D eigenvalue weighted by Crippen LogP contribution is 2.23. The number of piperazine rings is 1. The molecule has 1 atom stereocenters. The first-order valence-electron chi connectivity index (χ1n) is 5.34. The molecule has 1 aromatic heterocycles. The summed E-state index contributed by atoms with van der Waals surface area (Å²) >= 11 is 0. The predicted octanol–water partition coefficient (Wildman–Crippen LogP) is 0.106. The fourth-order valence-corrected chi connectivity index (χ4v) is 1.82. The molecule has 90 valence electrons. The van der Waals surface area contributed by atoms with Gasteiger partial charge in [0.25, 0.3) is 5.91 Å². The summed E-state index contributed by atoms with van der Waals surface area (Å²) in [4.78, 5) is 33.2. The van der Waals surface area contributed by atoms with Gasteiger partial charge in [-0.25, -0.2) is 9.97 Å². The van der Waals surface area contributed by atoms with Crippen LogP contribution in [0.15, 0.2) is 18.7 Å². The van der Waals surface area contributed by atoms with E-state index >= 15 is 0 Å². The fraction of sp³-hybridized carbons (Fsp3) is 0.455. The van der Waals surface area contributed by atoms with Gasteiger partial charge >= 0.3 is 0 Å². The minimum Gasteiger partial charge on any atom is -0.340 e. The van der Waals surface area contributed by atoms with E-state index in [4.69, 9.17) is 0 Å².